The molecule has 0 aromatic carbocycles. The van der Waals surface area contributed by atoms with E-state index in [0.717, 1.165) is 25.8 Å². The summed E-state index contributed by atoms with van der Waals surface area (Å²) >= 11 is 0. The molecule has 19 heavy (non-hydrogen) atoms. The molecule has 3 heterocycles. The number of fused-ring (bicyclic) bond motifs is 1. The van der Waals surface area contributed by atoms with Crippen molar-refractivity contribution >= 4 is 0 Å². The molecule has 3 fully saturated rings. The molecule has 0 amide bonds. The smallest absolute Gasteiger partial charge is 0.0480 e. The van der Waals surface area contributed by atoms with Crippen LogP contribution >= 0.6 is 0 Å². The lowest BCUT2D eigenvalue weighted by Gasteiger charge is -2.27. The van der Waals surface area contributed by atoms with E-state index >= 15 is 0 Å². The van der Waals surface area contributed by atoms with Crippen LogP contribution in [0, 0.1) is 0 Å². The third-order valence-electron chi connectivity index (χ3n) is 4.97. The van der Waals surface area contributed by atoms with Gasteiger partial charge in [-0.2, -0.15) is 0 Å². The maximum atomic E-state index is 5.40. The van der Waals surface area contributed by atoms with Crippen LogP contribution in [0.3, 0.4) is 0 Å². The van der Waals surface area contributed by atoms with Crippen LogP contribution in [0.4, 0.5) is 0 Å². The van der Waals surface area contributed by atoms with Gasteiger partial charge < -0.3 is 15.0 Å². The van der Waals surface area contributed by atoms with Gasteiger partial charge in [0.1, 0.15) is 0 Å². The van der Waals surface area contributed by atoms with Crippen molar-refractivity contribution in [3.8, 4) is 0 Å². The molecule has 0 aromatic rings. The molecule has 0 saturated carbocycles. The van der Waals surface area contributed by atoms with Gasteiger partial charge in [-0.25, -0.2) is 0 Å². The molecule has 0 bridgehead atoms. The van der Waals surface area contributed by atoms with Crippen molar-refractivity contribution in [1.82, 2.24) is 15.1 Å². The van der Waals surface area contributed by atoms with E-state index in [9.17, 15) is 0 Å². The summed E-state index contributed by atoms with van der Waals surface area (Å²) in [4.78, 5) is 5.40. The second-order valence-corrected chi connectivity index (χ2v) is 6.33. The quantitative estimate of drug-likeness (QED) is 0.820. The topological polar surface area (TPSA) is 27.7 Å². The Balaban J connectivity index is 1.37. The van der Waals surface area contributed by atoms with Gasteiger partial charge in [0.05, 0.1) is 0 Å². The first kappa shape index (κ1) is 13.8. The van der Waals surface area contributed by atoms with Gasteiger partial charge in [-0.05, 0) is 51.7 Å². The van der Waals surface area contributed by atoms with Crippen molar-refractivity contribution in [2.75, 3.05) is 52.5 Å². The Labute approximate surface area is 117 Å². The number of hydrogen-bond donors (Lipinski definition) is 1. The molecule has 1 N–H and O–H groups in total. The zero-order valence-electron chi connectivity index (χ0n) is 12.1. The average Bonchev–Trinajstić information content (AvgIpc) is 2.79. The molecule has 1 atom stereocenters. The van der Waals surface area contributed by atoms with Crippen molar-refractivity contribution in [2.24, 2.45) is 0 Å². The zero-order chi connectivity index (χ0) is 12.9. The van der Waals surface area contributed by atoms with Gasteiger partial charge in [0, 0.05) is 44.9 Å². The first-order valence-corrected chi connectivity index (χ1v) is 8.19. The Morgan fingerprint density at radius 1 is 1.00 bits per heavy atom. The first-order valence-electron chi connectivity index (χ1n) is 8.19. The van der Waals surface area contributed by atoms with Gasteiger partial charge in [0.15, 0.2) is 0 Å². The molecule has 3 aliphatic rings. The van der Waals surface area contributed by atoms with Gasteiger partial charge in [0.2, 0.25) is 0 Å². The normalized spacial score (nSPS) is 31.3. The Hall–Kier alpha value is -0.160. The number of nitrogens with one attached hydrogen (secondary N) is 1. The SMILES string of the molecule is C1CC2CN(CCNC3CCOCC3)CCCN2C1. The molecule has 110 valence electrons. The predicted molar refractivity (Wildman–Crippen MR) is 77.5 cm³/mol. The molecule has 3 saturated heterocycles. The molecule has 4 nitrogen and oxygen atoms in total. The summed E-state index contributed by atoms with van der Waals surface area (Å²) < 4.78 is 5.40. The molecule has 1 unspecified atom stereocenters. The number of rotatable bonds is 4. The maximum Gasteiger partial charge on any atom is 0.0480 e. The van der Waals surface area contributed by atoms with Gasteiger partial charge in [-0.1, -0.05) is 0 Å². The first-order chi connectivity index (χ1) is 9.42. The predicted octanol–water partition coefficient (Wildman–Crippen LogP) is 0.925. The van der Waals surface area contributed by atoms with Crippen LogP contribution in [0.15, 0.2) is 0 Å². The minimum atomic E-state index is 0.698. The summed E-state index contributed by atoms with van der Waals surface area (Å²) in [5, 5.41) is 3.71. The monoisotopic (exact) mass is 267 g/mol. The molecule has 0 aromatic heterocycles. The largest absolute Gasteiger partial charge is 0.381 e. The third-order valence-corrected chi connectivity index (χ3v) is 4.97. The van der Waals surface area contributed by atoms with Crippen LogP contribution in [-0.4, -0.2) is 74.4 Å². The highest BCUT2D eigenvalue weighted by atomic mass is 16.5. The van der Waals surface area contributed by atoms with E-state index in [1.165, 1.54) is 64.8 Å². The maximum absolute atomic E-state index is 5.40. The fraction of sp³-hybridized carbons (Fsp3) is 1.00. The summed E-state index contributed by atoms with van der Waals surface area (Å²) in [7, 11) is 0. The van der Waals surface area contributed by atoms with Crippen molar-refractivity contribution in [3.63, 3.8) is 0 Å². The summed E-state index contributed by atoms with van der Waals surface area (Å²) in [5.41, 5.74) is 0. The molecule has 0 aliphatic carbocycles. The highest BCUT2D eigenvalue weighted by Gasteiger charge is 2.28. The number of hydrogen-bond acceptors (Lipinski definition) is 4. The Bertz CT molecular complexity index is 268. The highest BCUT2D eigenvalue weighted by molar-refractivity contribution is 4.85. The Morgan fingerprint density at radius 3 is 2.74 bits per heavy atom. The lowest BCUT2D eigenvalue weighted by molar-refractivity contribution is 0.0771. The van der Waals surface area contributed by atoms with E-state index in [1.807, 2.05) is 0 Å². The average molecular weight is 267 g/mol. The second-order valence-electron chi connectivity index (χ2n) is 6.33. The van der Waals surface area contributed by atoms with Gasteiger partial charge in [-0.15, -0.1) is 0 Å². The molecule has 0 spiro atoms. The fourth-order valence-electron chi connectivity index (χ4n) is 3.81. The summed E-state index contributed by atoms with van der Waals surface area (Å²) in [6.45, 7) is 9.53. The van der Waals surface area contributed by atoms with Crippen molar-refractivity contribution < 1.29 is 4.74 Å². The fourth-order valence-corrected chi connectivity index (χ4v) is 3.81. The molecule has 0 radical (unpaired) electrons. The van der Waals surface area contributed by atoms with Crippen LogP contribution in [0.25, 0.3) is 0 Å². The highest BCUT2D eigenvalue weighted by Crippen LogP contribution is 2.20. The van der Waals surface area contributed by atoms with Crippen LogP contribution in [0.2, 0.25) is 0 Å². The van der Waals surface area contributed by atoms with Crippen LogP contribution < -0.4 is 5.32 Å². The van der Waals surface area contributed by atoms with E-state index in [0.29, 0.717) is 6.04 Å². The Kier molecular flexibility index (Phi) is 5.10. The van der Waals surface area contributed by atoms with E-state index in [2.05, 4.69) is 15.1 Å². The second kappa shape index (κ2) is 7.02. The van der Waals surface area contributed by atoms with Gasteiger partial charge >= 0.3 is 0 Å². The standard InChI is InChI=1S/C15H29N3O/c1-3-15-13-17(7-2-9-18(15)8-1)10-6-16-14-4-11-19-12-5-14/h14-16H,1-13H2. The summed E-state index contributed by atoms with van der Waals surface area (Å²) in [6, 6.07) is 1.55. The number of nitrogens with zero attached hydrogens (tertiary/aromatic N) is 2. The third kappa shape index (κ3) is 3.91. The van der Waals surface area contributed by atoms with Crippen molar-refractivity contribution in [3.05, 3.63) is 0 Å². The summed E-state index contributed by atoms with van der Waals surface area (Å²) in [5.74, 6) is 0. The molecular weight excluding hydrogens is 238 g/mol. The minimum absolute atomic E-state index is 0.698. The molecule has 3 aliphatic heterocycles. The van der Waals surface area contributed by atoms with E-state index < -0.39 is 0 Å². The van der Waals surface area contributed by atoms with Crippen molar-refractivity contribution in [1.29, 1.82) is 0 Å². The van der Waals surface area contributed by atoms with Gasteiger partial charge in [-0.3, -0.25) is 4.90 Å². The molecule has 3 rings (SSSR count). The van der Waals surface area contributed by atoms with Crippen LogP contribution in [-0.2, 0) is 4.74 Å². The van der Waals surface area contributed by atoms with E-state index in [1.54, 1.807) is 0 Å². The lowest BCUT2D eigenvalue weighted by atomic mass is 10.1. The van der Waals surface area contributed by atoms with Crippen LogP contribution in [0.5, 0.6) is 0 Å². The van der Waals surface area contributed by atoms with Gasteiger partial charge in [0.25, 0.3) is 0 Å². The van der Waals surface area contributed by atoms with Crippen LogP contribution in [0.1, 0.15) is 32.1 Å². The summed E-state index contributed by atoms with van der Waals surface area (Å²) in [6.07, 6.45) is 6.57. The van der Waals surface area contributed by atoms with Crippen molar-refractivity contribution in [2.45, 2.75) is 44.2 Å². The minimum Gasteiger partial charge on any atom is -0.381 e. The molecule has 4 heteroatoms. The van der Waals surface area contributed by atoms with E-state index in [-0.39, 0.29) is 0 Å². The van der Waals surface area contributed by atoms with E-state index in [4.69, 9.17) is 4.74 Å². The number of ether oxygens (including phenoxy) is 1. The zero-order valence-corrected chi connectivity index (χ0v) is 12.1. The Morgan fingerprint density at radius 2 is 1.84 bits per heavy atom. The molecular formula is C15H29N3O. The lowest BCUT2D eigenvalue weighted by Crippen LogP contribution is -2.42.